The first-order valence-electron chi connectivity index (χ1n) is 7.12. The van der Waals surface area contributed by atoms with Crippen molar-refractivity contribution >= 4 is 11.6 Å². The third-order valence-electron chi connectivity index (χ3n) is 4.48. The Bertz CT molecular complexity index is 601. The molecule has 0 bridgehead atoms. The number of halogens is 4. The van der Waals surface area contributed by atoms with Gasteiger partial charge < -0.3 is 10.6 Å². The molecule has 0 aromatic heterocycles. The molecule has 22 heavy (non-hydrogen) atoms. The summed E-state index contributed by atoms with van der Waals surface area (Å²) in [4.78, 5) is 13.8. The molecule has 1 aliphatic carbocycles. The summed E-state index contributed by atoms with van der Waals surface area (Å²) in [5.74, 6) is -5.13. The lowest BCUT2D eigenvalue weighted by atomic mass is 9.69. The monoisotopic (exact) mass is 316 g/mol. The first kappa shape index (κ1) is 15.3. The predicted octanol–water partition coefficient (Wildman–Crippen LogP) is 2.83. The second kappa shape index (κ2) is 4.94. The zero-order valence-corrected chi connectivity index (χ0v) is 11.8. The number of nitrogens with zero attached hydrogens (tertiary/aromatic N) is 1. The van der Waals surface area contributed by atoms with Gasteiger partial charge in [-0.15, -0.1) is 0 Å². The summed E-state index contributed by atoms with van der Waals surface area (Å²) in [6, 6.07) is 2.00. The fourth-order valence-corrected chi connectivity index (χ4v) is 3.71. The van der Waals surface area contributed by atoms with Crippen LogP contribution in [0.2, 0.25) is 0 Å². The van der Waals surface area contributed by atoms with Gasteiger partial charge in [-0.2, -0.15) is 0 Å². The Labute approximate surface area is 125 Å². The summed E-state index contributed by atoms with van der Waals surface area (Å²) in [5, 5.41) is 0. The topological polar surface area (TPSA) is 46.3 Å². The van der Waals surface area contributed by atoms with E-state index in [-0.39, 0.29) is 25.1 Å². The molecule has 1 aromatic rings. The molecule has 1 heterocycles. The Hall–Kier alpha value is -1.63. The molecule has 1 spiro atoms. The summed E-state index contributed by atoms with van der Waals surface area (Å²) in [5.41, 5.74) is 4.51. The van der Waals surface area contributed by atoms with Gasteiger partial charge in [0, 0.05) is 37.2 Å². The van der Waals surface area contributed by atoms with Crippen molar-refractivity contribution in [1.82, 2.24) is 0 Å². The second-order valence-corrected chi connectivity index (χ2v) is 6.32. The van der Waals surface area contributed by atoms with Gasteiger partial charge in [-0.05, 0) is 25.0 Å². The second-order valence-electron chi connectivity index (χ2n) is 6.32. The van der Waals surface area contributed by atoms with Crippen molar-refractivity contribution < 1.29 is 22.4 Å². The summed E-state index contributed by atoms with van der Waals surface area (Å²) in [7, 11) is 0. The molecule has 3 rings (SSSR count). The van der Waals surface area contributed by atoms with Crippen LogP contribution in [-0.4, -0.2) is 24.4 Å². The Morgan fingerprint density at radius 1 is 1.14 bits per heavy atom. The van der Waals surface area contributed by atoms with Gasteiger partial charge in [0.2, 0.25) is 5.91 Å². The number of anilines is 1. The number of nitrogens with two attached hydrogens (primary N) is 1. The van der Waals surface area contributed by atoms with Crippen LogP contribution in [-0.2, 0) is 4.79 Å². The van der Waals surface area contributed by atoms with Gasteiger partial charge >= 0.3 is 0 Å². The Balaban J connectivity index is 1.91. The molecule has 1 amide bonds. The van der Waals surface area contributed by atoms with Crippen LogP contribution >= 0.6 is 0 Å². The maximum atomic E-state index is 13.8. The first-order chi connectivity index (χ1) is 10.2. The average molecular weight is 316 g/mol. The van der Waals surface area contributed by atoms with Gasteiger partial charge in [0.25, 0.3) is 5.92 Å². The number of hydrogen-bond acceptors (Lipinski definition) is 2. The molecule has 1 aromatic carbocycles. The highest BCUT2D eigenvalue weighted by Gasteiger charge is 2.56. The maximum Gasteiger partial charge on any atom is 0.250 e. The van der Waals surface area contributed by atoms with E-state index in [9.17, 15) is 22.4 Å². The maximum absolute atomic E-state index is 13.8. The van der Waals surface area contributed by atoms with Gasteiger partial charge in [-0.25, -0.2) is 17.6 Å². The highest BCUT2D eigenvalue weighted by molar-refractivity contribution is 6.00. The molecule has 120 valence electrons. The van der Waals surface area contributed by atoms with Crippen LogP contribution in [0.1, 0.15) is 25.7 Å². The number of carbonyl (C=O) groups is 1. The van der Waals surface area contributed by atoms with Crippen molar-refractivity contribution in [3.05, 3.63) is 29.8 Å². The molecule has 2 atom stereocenters. The number of benzene rings is 1. The van der Waals surface area contributed by atoms with Crippen LogP contribution < -0.4 is 10.6 Å². The fourth-order valence-electron chi connectivity index (χ4n) is 3.71. The minimum atomic E-state index is -2.99. The molecule has 1 saturated heterocycles. The van der Waals surface area contributed by atoms with Crippen molar-refractivity contribution in [3.63, 3.8) is 0 Å². The van der Waals surface area contributed by atoms with E-state index >= 15 is 0 Å². The smallest absolute Gasteiger partial charge is 0.250 e. The van der Waals surface area contributed by atoms with Gasteiger partial charge in [-0.1, -0.05) is 0 Å². The van der Waals surface area contributed by atoms with Gasteiger partial charge in [0.15, 0.2) is 0 Å². The predicted molar refractivity (Wildman–Crippen MR) is 72.5 cm³/mol. The SMILES string of the molecule is NC1CC(F)(F)CC2(CCN(c3cc(F)cc(F)c3)C2=O)C1. The van der Waals surface area contributed by atoms with E-state index in [1.54, 1.807) is 0 Å². The van der Waals surface area contributed by atoms with E-state index in [1.165, 1.54) is 4.90 Å². The van der Waals surface area contributed by atoms with Crippen molar-refractivity contribution in [2.45, 2.75) is 37.6 Å². The average Bonchev–Trinajstić information content (AvgIpc) is 2.62. The van der Waals surface area contributed by atoms with Gasteiger partial charge in [0.05, 0.1) is 5.41 Å². The van der Waals surface area contributed by atoms with Crippen LogP contribution in [0.5, 0.6) is 0 Å². The summed E-state index contributed by atoms with van der Waals surface area (Å²) in [6.45, 7) is 0.157. The minimum absolute atomic E-state index is 0.0573. The first-order valence-corrected chi connectivity index (χ1v) is 7.12. The quantitative estimate of drug-likeness (QED) is 0.810. The summed E-state index contributed by atoms with van der Waals surface area (Å²) >= 11 is 0. The van der Waals surface area contributed by atoms with Crippen LogP contribution in [0.4, 0.5) is 23.2 Å². The van der Waals surface area contributed by atoms with E-state index in [0.29, 0.717) is 6.07 Å². The zero-order valence-electron chi connectivity index (χ0n) is 11.8. The molecule has 1 aliphatic heterocycles. The van der Waals surface area contributed by atoms with Crippen molar-refractivity contribution in [3.8, 4) is 0 Å². The molecular formula is C15H16F4N2O. The number of amides is 1. The number of carbonyl (C=O) groups excluding carboxylic acids is 1. The minimum Gasteiger partial charge on any atom is -0.327 e. The highest BCUT2D eigenvalue weighted by atomic mass is 19.3. The lowest BCUT2D eigenvalue weighted by Crippen LogP contribution is -2.49. The Morgan fingerprint density at radius 2 is 1.77 bits per heavy atom. The van der Waals surface area contributed by atoms with Crippen LogP contribution in [0.15, 0.2) is 18.2 Å². The van der Waals surface area contributed by atoms with E-state index in [0.717, 1.165) is 12.1 Å². The van der Waals surface area contributed by atoms with Crippen molar-refractivity contribution in [1.29, 1.82) is 0 Å². The third-order valence-corrected chi connectivity index (χ3v) is 4.48. The summed E-state index contributed by atoms with van der Waals surface area (Å²) in [6.07, 6.45) is -0.597. The van der Waals surface area contributed by atoms with Crippen molar-refractivity contribution in [2.75, 3.05) is 11.4 Å². The molecule has 1 saturated carbocycles. The molecule has 2 unspecified atom stereocenters. The molecule has 0 radical (unpaired) electrons. The standard InChI is InChI=1S/C15H16F4N2O/c16-9-3-10(17)5-12(4-9)21-2-1-14(13(21)22)6-11(20)7-15(18,19)8-14/h3-5,11H,1-2,6-8,20H2. The normalized spacial score (nSPS) is 31.0. The largest absolute Gasteiger partial charge is 0.327 e. The molecule has 2 aliphatic rings. The molecule has 2 fully saturated rings. The fraction of sp³-hybridized carbons (Fsp3) is 0.533. The van der Waals surface area contributed by atoms with E-state index in [2.05, 4.69) is 0 Å². The number of rotatable bonds is 1. The molecule has 7 heteroatoms. The Kier molecular flexibility index (Phi) is 3.43. The summed E-state index contributed by atoms with van der Waals surface area (Å²) < 4.78 is 54.2. The number of alkyl halides is 2. The third kappa shape index (κ3) is 2.58. The zero-order chi connectivity index (χ0) is 16.1. The Morgan fingerprint density at radius 3 is 2.36 bits per heavy atom. The van der Waals surface area contributed by atoms with E-state index < -0.39 is 47.8 Å². The van der Waals surface area contributed by atoms with E-state index in [4.69, 9.17) is 5.73 Å². The van der Waals surface area contributed by atoms with Crippen LogP contribution in [0, 0.1) is 17.0 Å². The van der Waals surface area contributed by atoms with Gasteiger partial charge in [0.1, 0.15) is 11.6 Å². The lowest BCUT2D eigenvalue weighted by molar-refractivity contribution is -0.139. The van der Waals surface area contributed by atoms with E-state index in [1.807, 2.05) is 0 Å². The lowest BCUT2D eigenvalue weighted by Gasteiger charge is -2.39. The van der Waals surface area contributed by atoms with Crippen LogP contribution in [0.3, 0.4) is 0 Å². The van der Waals surface area contributed by atoms with Crippen molar-refractivity contribution in [2.24, 2.45) is 11.1 Å². The molecular weight excluding hydrogens is 300 g/mol. The molecule has 2 N–H and O–H groups in total. The van der Waals surface area contributed by atoms with Gasteiger partial charge in [-0.3, -0.25) is 4.79 Å². The number of hydrogen-bond donors (Lipinski definition) is 1. The van der Waals surface area contributed by atoms with Crippen LogP contribution in [0.25, 0.3) is 0 Å². The highest BCUT2D eigenvalue weighted by Crippen LogP contribution is 2.50. The molecule has 3 nitrogen and oxygen atoms in total.